The van der Waals surface area contributed by atoms with Gasteiger partial charge < -0.3 is 5.32 Å². The second-order valence-corrected chi connectivity index (χ2v) is 5.68. The molecule has 2 heteroatoms. The molecule has 1 N–H and O–H groups in total. The molecule has 0 fully saturated rings. The van der Waals surface area contributed by atoms with Gasteiger partial charge in [0, 0.05) is 16.3 Å². The monoisotopic (exact) mass is 259 g/mol. The van der Waals surface area contributed by atoms with Gasteiger partial charge in [0.25, 0.3) is 0 Å². The summed E-state index contributed by atoms with van der Waals surface area (Å²) in [4.78, 5) is 2.78. The fourth-order valence-electron chi connectivity index (χ4n) is 1.94. The number of benzene rings is 1. The van der Waals surface area contributed by atoms with Crippen molar-refractivity contribution in [2.45, 2.75) is 32.7 Å². The van der Waals surface area contributed by atoms with Crippen LogP contribution in [0, 0.1) is 0 Å². The Morgan fingerprint density at radius 2 is 1.83 bits per heavy atom. The molecule has 0 bridgehead atoms. The molecule has 0 aliphatic carbocycles. The van der Waals surface area contributed by atoms with E-state index in [0.717, 1.165) is 13.1 Å². The average molecular weight is 259 g/mol. The second-order valence-electron chi connectivity index (χ2n) is 4.52. The van der Waals surface area contributed by atoms with Gasteiger partial charge in [0.15, 0.2) is 0 Å². The van der Waals surface area contributed by atoms with Crippen LogP contribution in [-0.2, 0) is 6.54 Å². The summed E-state index contributed by atoms with van der Waals surface area (Å²) in [6, 6.07) is 15.1. The molecule has 1 heterocycles. The van der Waals surface area contributed by atoms with E-state index >= 15 is 0 Å². The van der Waals surface area contributed by atoms with E-state index < -0.39 is 0 Å². The number of hydrogen-bond donors (Lipinski definition) is 1. The number of nitrogens with one attached hydrogen (secondary N) is 1. The van der Waals surface area contributed by atoms with Crippen molar-refractivity contribution < 1.29 is 0 Å². The fourth-order valence-corrected chi connectivity index (χ4v) is 2.92. The minimum Gasteiger partial charge on any atom is -0.312 e. The molecular weight excluding hydrogens is 238 g/mol. The zero-order chi connectivity index (χ0) is 12.6. The maximum absolute atomic E-state index is 3.51. The molecule has 0 saturated carbocycles. The van der Waals surface area contributed by atoms with Crippen LogP contribution in [0.5, 0.6) is 0 Å². The van der Waals surface area contributed by atoms with Crippen LogP contribution in [-0.4, -0.2) is 6.54 Å². The molecule has 0 saturated heterocycles. The molecule has 1 aromatic carbocycles. The molecule has 2 aromatic rings. The number of unbranched alkanes of at least 4 members (excludes halogenated alkanes) is 2. The highest BCUT2D eigenvalue weighted by Gasteiger charge is 2.01. The van der Waals surface area contributed by atoms with Gasteiger partial charge >= 0.3 is 0 Å². The van der Waals surface area contributed by atoms with Crippen molar-refractivity contribution in [3.8, 4) is 10.4 Å². The predicted molar refractivity (Wildman–Crippen MR) is 81.0 cm³/mol. The first-order chi connectivity index (χ1) is 8.90. The Morgan fingerprint density at radius 1 is 1.00 bits per heavy atom. The van der Waals surface area contributed by atoms with Crippen LogP contribution >= 0.6 is 11.3 Å². The molecule has 0 aliphatic rings. The molecule has 96 valence electrons. The van der Waals surface area contributed by atoms with E-state index in [1.54, 1.807) is 0 Å². The van der Waals surface area contributed by atoms with Gasteiger partial charge in [0.2, 0.25) is 0 Å². The summed E-state index contributed by atoms with van der Waals surface area (Å²) in [5.41, 5.74) is 1.32. The van der Waals surface area contributed by atoms with Gasteiger partial charge in [-0.25, -0.2) is 0 Å². The van der Waals surface area contributed by atoms with Crippen molar-refractivity contribution in [3.63, 3.8) is 0 Å². The first-order valence-electron chi connectivity index (χ1n) is 6.75. The van der Waals surface area contributed by atoms with Gasteiger partial charge in [-0.1, -0.05) is 50.1 Å². The first kappa shape index (κ1) is 13.3. The van der Waals surface area contributed by atoms with E-state index in [4.69, 9.17) is 0 Å². The first-order valence-corrected chi connectivity index (χ1v) is 7.56. The van der Waals surface area contributed by atoms with Gasteiger partial charge in [-0.3, -0.25) is 0 Å². The summed E-state index contributed by atoms with van der Waals surface area (Å²) < 4.78 is 0. The topological polar surface area (TPSA) is 12.0 Å². The third-order valence-electron chi connectivity index (χ3n) is 2.98. The Bertz CT molecular complexity index is 447. The molecule has 1 nitrogen and oxygen atoms in total. The molecule has 0 unspecified atom stereocenters. The molecule has 2 rings (SSSR count). The van der Waals surface area contributed by atoms with E-state index in [0.29, 0.717) is 0 Å². The van der Waals surface area contributed by atoms with Crippen LogP contribution in [0.4, 0.5) is 0 Å². The summed E-state index contributed by atoms with van der Waals surface area (Å²) in [6.45, 7) is 4.37. The summed E-state index contributed by atoms with van der Waals surface area (Å²) in [5.74, 6) is 0. The lowest BCUT2D eigenvalue weighted by Crippen LogP contribution is -2.13. The second kappa shape index (κ2) is 7.34. The number of hydrogen-bond acceptors (Lipinski definition) is 2. The molecule has 0 aliphatic heterocycles. The Kier molecular flexibility index (Phi) is 5.43. The summed E-state index contributed by atoms with van der Waals surface area (Å²) in [6.07, 6.45) is 3.90. The quantitative estimate of drug-likeness (QED) is 0.711. The van der Waals surface area contributed by atoms with Crippen molar-refractivity contribution in [1.29, 1.82) is 0 Å². The van der Waals surface area contributed by atoms with Crippen molar-refractivity contribution in [1.82, 2.24) is 5.32 Å². The van der Waals surface area contributed by atoms with Crippen molar-refractivity contribution >= 4 is 11.3 Å². The number of rotatable bonds is 7. The van der Waals surface area contributed by atoms with Crippen LogP contribution in [0.2, 0.25) is 0 Å². The molecule has 0 amide bonds. The van der Waals surface area contributed by atoms with Crippen molar-refractivity contribution in [2.75, 3.05) is 6.54 Å². The van der Waals surface area contributed by atoms with E-state index in [9.17, 15) is 0 Å². The summed E-state index contributed by atoms with van der Waals surface area (Å²) >= 11 is 1.89. The Hall–Kier alpha value is -1.12. The van der Waals surface area contributed by atoms with Crippen molar-refractivity contribution in [2.24, 2.45) is 0 Å². The zero-order valence-electron chi connectivity index (χ0n) is 11.0. The Balaban J connectivity index is 1.83. The highest BCUT2D eigenvalue weighted by molar-refractivity contribution is 7.15. The maximum atomic E-state index is 3.51. The smallest absolute Gasteiger partial charge is 0.0346 e. The van der Waals surface area contributed by atoms with Gasteiger partial charge in [-0.2, -0.15) is 0 Å². The van der Waals surface area contributed by atoms with E-state index in [-0.39, 0.29) is 0 Å². The minimum absolute atomic E-state index is 1.00. The summed E-state index contributed by atoms with van der Waals surface area (Å²) in [5, 5.41) is 3.51. The predicted octanol–water partition coefficient (Wildman–Crippen LogP) is 4.69. The van der Waals surface area contributed by atoms with Gasteiger partial charge in [0.05, 0.1) is 0 Å². The van der Waals surface area contributed by atoms with Crippen LogP contribution in [0.25, 0.3) is 10.4 Å². The zero-order valence-corrected chi connectivity index (χ0v) is 11.8. The normalized spacial score (nSPS) is 10.7. The fraction of sp³-hybridized carbons (Fsp3) is 0.375. The molecule has 18 heavy (non-hydrogen) atoms. The highest BCUT2D eigenvalue weighted by Crippen LogP contribution is 2.27. The minimum atomic E-state index is 1.00. The SMILES string of the molecule is CCCCCNCc1ccc(-c2ccccc2)s1. The largest absolute Gasteiger partial charge is 0.312 e. The van der Waals surface area contributed by atoms with E-state index in [1.165, 1.54) is 34.6 Å². The molecular formula is C16H21NS. The number of thiophene rings is 1. The Morgan fingerprint density at radius 3 is 2.61 bits per heavy atom. The van der Waals surface area contributed by atoms with Crippen molar-refractivity contribution in [3.05, 3.63) is 47.3 Å². The molecule has 1 aromatic heterocycles. The van der Waals surface area contributed by atoms with Gasteiger partial charge in [0.1, 0.15) is 0 Å². The molecule has 0 radical (unpaired) electrons. The van der Waals surface area contributed by atoms with Gasteiger partial charge in [-0.15, -0.1) is 11.3 Å². The molecule has 0 spiro atoms. The van der Waals surface area contributed by atoms with Crippen LogP contribution in [0.15, 0.2) is 42.5 Å². The lowest BCUT2D eigenvalue weighted by atomic mass is 10.2. The highest BCUT2D eigenvalue weighted by atomic mass is 32.1. The third-order valence-corrected chi connectivity index (χ3v) is 4.11. The summed E-state index contributed by atoms with van der Waals surface area (Å²) in [7, 11) is 0. The molecule has 0 atom stereocenters. The maximum Gasteiger partial charge on any atom is 0.0346 e. The van der Waals surface area contributed by atoms with E-state index in [1.807, 2.05) is 11.3 Å². The average Bonchev–Trinajstić information content (AvgIpc) is 2.88. The third kappa shape index (κ3) is 3.97. The lowest BCUT2D eigenvalue weighted by Gasteiger charge is -2.01. The van der Waals surface area contributed by atoms with Gasteiger partial charge in [-0.05, 0) is 30.7 Å². The van der Waals surface area contributed by atoms with Crippen LogP contribution in [0.1, 0.15) is 31.1 Å². The lowest BCUT2D eigenvalue weighted by molar-refractivity contribution is 0.620. The van der Waals surface area contributed by atoms with Crippen LogP contribution < -0.4 is 5.32 Å². The van der Waals surface area contributed by atoms with E-state index in [2.05, 4.69) is 54.7 Å². The standard InChI is InChI=1S/C16H21NS/c1-2-3-7-12-17-13-15-10-11-16(18-15)14-8-5-4-6-9-14/h4-6,8-11,17H,2-3,7,12-13H2,1H3. The van der Waals surface area contributed by atoms with Crippen LogP contribution in [0.3, 0.4) is 0 Å². The Labute approximate surface area is 114 Å².